The average Bonchev–Trinajstić information content (AvgIpc) is 3.21. The van der Waals surface area contributed by atoms with E-state index in [2.05, 4.69) is 90.1 Å². The number of fused-ring (bicyclic) bond motifs is 4. The second kappa shape index (κ2) is 6.93. The molecule has 3 aromatic heterocycles. The Morgan fingerprint density at radius 1 is 0.871 bits per heavy atom. The fraction of sp³-hybridized carbons (Fsp3) is 0.321. The van der Waals surface area contributed by atoms with Crippen LogP contribution in [0.3, 0.4) is 0 Å². The van der Waals surface area contributed by atoms with Crippen LogP contribution in [0.4, 0.5) is 0 Å². The molecule has 0 amide bonds. The molecular formula is C28H29NOS. The molecule has 3 heterocycles. The van der Waals surface area contributed by atoms with Crippen LogP contribution in [0.1, 0.15) is 52.9 Å². The van der Waals surface area contributed by atoms with Gasteiger partial charge in [0.1, 0.15) is 5.76 Å². The van der Waals surface area contributed by atoms with Gasteiger partial charge < -0.3 is 4.42 Å². The van der Waals surface area contributed by atoms with Gasteiger partial charge in [0.25, 0.3) is 0 Å². The Kier molecular flexibility index (Phi) is 4.53. The van der Waals surface area contributed by atoms with Crippen LogP contribution >= 0.6 is 11.3 Å². The lowest BCUT2D eigenvalue weighted by molar-refractivity contribution is 0.371. The summed E-state index contributed by atoms with van der Waals surface area (Å²) in [5, 5.41) is 5.02. The molecule has 0 N–H and O–H groups in total. The van der Waals surface area contributed by atoms with Crippen LogP contribution in [-0.4, -0.2) is 4.98 Å². The maximum absolute atomic E-state index is 6.26. The molecule has 5 aromatic rings. The molecule has 0 aliphatic carbocycles. The van der Waals surface area contributed by atoms with Gasteiger partial charge in [-0.1, -0.05) is 77.1 Å². The van der Waals surface area contributed by atoms with Crippen LogP contribution in [0.25, 0.3) is 42.4 Å². The van der Waals surface area contributed by atoms with Crippen LogP contribution < -0.4 is 0 Å². The van der Waals surface area contributed by atoms with Gasteiger partial charge in [-0.05, 0) is 51.4 Å². The number of furan rings is 1. The fourth-order valence-electron chi connectivity index (χ4n) is 4.43. The van der Waals surface area contributed by atoms with E-state index in [1.807, 2.05) is 6.20 Å². The van der Waals surface area contributed by atoms with E-state index in [1.165, 1.54) is 37.4 Å². The summed E-state index contributed by atoms with van der Waals surface area (Å²) < 4.78 is 7.46. The first-order valence-corrected chi connectivity index (χ1v) is 11.8. The molecule has 0 aliphatic rings. The van der Waals surface area contributed by atoms with Crippen molar-refractivity contribution in [3.05, 3.63) is 66.1 Å². The van der Waals surface area contributed by atoms with Crippen molar-refractivity contribution in [1.29, 1.82) is 0 Å². The zero-order valence-electron chi connectivity index (χ0n) is 19.2. The highest BCUT2D eigenvalue weighted by Crippen LogP contribution is 2.42. The van der Waals surface area contributed by atoms with Crippen LogP contribution in [0, 0.1) is 5.41 Å². The van der Waals surface area contributed by atoms with Gasteiger partial charge >= 0.3 is 0 Å². The minimum Gasteiger partial charge on any atom is -0.450 e. The molecule has 3 heteroatoms. The summed E-state index contributed by atoms with van der Waals surface area (Å²) in [6.45, 7) is 13.6. The predicted octanol–water partition coefficient (Wildman–Crippen LogP) is 8.75. The number of hydrogen-bond donors (Lipinski definition) is 0. The van der Waals surface area contributed by atoms with E-state index < -0.39 is 0 Å². The molecule has 0 saturated heterocycles. The zero-order valence-corrected chi connectivity index (χ0v) is 20.0. The molecule has 0 saturated carbocycles. The molecule has 0 radical (unpaired) electrons. The Bertz CT molecular complexity index is 1420. The van der Waals surface area contributed by atoms with Gasteiger partial charge in [0.05, 0.1) is 10.4 Å². The molecule has 0 unspecified atom stereocenters. The Hall–Kier alpha value is -2.65. The molecule has 2 aromatic carbocycles. The number of pyridine rings is 1. The van der Waals surface area contributed by atoms with Gasteiger partial charge in [0.2, 0.25) is 0 Å². The maximum Gasteiger partial charge on any atom is 0.189 e. The lowest BCUT2D eigenvalue weighted by Crippen LogP contribution is -2.12. The summed E-state index contributed by atoms with van der Waals surface area (Å²) in [7, 11) is 0. The van der Waals surface area contributed by atoms with Crippen LogP contribution in [-0.2, 0) is 11.8 Å². The van der Waals surface area contributed by atoms with Crippen LogP contribution in [0.5, 0.6) is 0 Å². The monoisotopic (exact) mass is 427 g/mol. The summed E-state index contributed by atoms with van der Waals surface area (Å²) in [6.07, 6.45) is 2.87. The summed E-state index contributed by atoms with van der Waals surface area (Å²) >= 11 is 1.72. The van der Waals surface area contributed by atoms with Crippen molar-refractivity contribution in [2.45, 2.75) is 53.4 Å². The number of benzene rings is 2. The summed E-state index contributed by atoms with van der Waals surface area (Å²) in [5.41, 5.74) is 3.83. The maximum atomic E-state index is 6.26. The first-order chi connectivity index (χ1) is 14.6. The lowest BCUT2D eigenvalue weighted by Gasteiger charge is -2.22. The standard InChI is InChI=1S/C28H29NOS/c1-27(2,3)16-19-15-22-21-11-12-29-24(25(21)31-26(22)30-19)18-13-17-9-7-8-10-20(17)23(14-18)28(4,5)6/h7-15H,16H2,1-6H3. The van der Waals surface area contributed by atoms with E-state index in [-0.39, 0.29) is 10.8 Å². The number of nitrogens with zero attached hydrogens (tertiary/aromatic N) is 1. The molecule has 0 fully saturated rings. The highest BCUT2D eigenvalue weighted by Gasteiger charge is 2.21. The summed E-state index contributed by atoms with van der Waals surface area (Å²) in [6, 6.07) is 17.6. The average molecular weight is 428 g/mol. The lowest BCUT2D eigenvalue weighted by atomic mass is 9.82. The first kappa shape index (κ1) is 20.3. The number of thiophene rings is 1. The van der Waals surface area contributed by atoms with E-state index in [0.717, 1.165) is 22.8 Å². The topological polar surface area (TPSA) is 26.0 Å². The fourth-order valence-corrected chi connectivity index (χ4v) is 5.59. The van der Waals surface area contributed by atoms with Gasteiger partial charge in [0.15, 0.2) is 4.90 Å². The third kappa shape index (κ3) is 3.65. The normalized spacial score (nSPS) is 13.0. The Morgan fingerprint density at radius 2 is 1.65 bits per heavy atom. The van der Waals surface area contributed by atoms with Crippen molar-refractivity contribution < 1.29 is 4.42 Å². The predicted molar refractivity (Wildman–Crippen MR) is 134 cm³/mol. The van der Waals surface area contributed by atoms with E-state index in [9.17, 15) is 0 Å². The number of rotatable bonds is 2. The van der Waals surface area contributed by atoms with Gasteiger partial charge in [0, 0.05) is 29.0 Å². The Morgan fingerprint density at radius 3 is 2.39 bits per heavy atom. The minimum atomic E-state index is 0.0500. The molecule has 0 bridgehead atoms. The highest BCUT2D eigenvalue weighted by molar-refractivity contribution is 7.25. The first-order valence-electron chi connectivity index (χ1n) is 10.9. The SMILES string of the molecule is CC(C)(C)Cc1cc2c(o1)sc1c(-c3cc(C(C)(C)C)c4ccccc4c3)nccc12. The van der Waals surface area contributed by atoms with E-state index in [1.54, 1.807) is 11.3 Å². The Balaban J connectivity index is 1.72. The molecule has 0 spiro atoms. The molecule has 31 heavy (non-hydrogen) atoms. The third-order valence-electron chi connectivity index (χ3n) is 5.79. The second-order valence-electron chi connectivity index (χ2n) is 10.8. The van der Waals surface area contributed by atoms with Crippen molar-refractivity contribution in [3.8, 4) is 11.3 Å². The van der Waals surface area contributed by atoms with Gasteiger partial charge in [-0.3, -0.25) is 4.98 Å². The van der Waals surface area contributed by atoms with E-state index >= 15 is 0 Å². The van der Waals surface area contributed by atoms with Gasteiger partial charge in [-0.2, -0.15) is 0 Å². The van der Waals surface area contributed by atoms with Crippen LogP contribution in [0.2, 0.25) is 0 Å². The Labute approximate surface area is 187 Å². The van der Waals surface area contributed by atoms with E-state index in [4.69, 9.17) is 9.40 Å². The second-order valence-corrected chi connectivity index (χ2v) is 11.8. The van der Waals surface area contributed by atoms with Crippen LogP contribution in [0.15, 0.2) is 59.1 Å². The van der Waals surface area contributed by atoms with Crippen molar-refractivity contribution in [2.24, 2.45) is 5.41 Å². The van der Waals surface area contributed by atoms with Crippen molar-refractivity contribution >= 4 is 42.5 Å². The molecule has 0 atom stereocenters. The molecule has 158 valence electrons. The quantitative estimate of drug-likeness (QED) is 0.281. The smallest absolute Gasteiger partial charge is 0.189 e. The highest BCUT2D eigenvalue weighted by atomic mass is 32.1. The number of hydrogen-bond acceptors (Lipinski definition) is 3. The van der Waals surface area contributed by atoms with Crippen molar-refractivity contribution in [3.63, 3.8) is 0 Å². The third-order valence-corrected chi connectivity index (χ3v) is 6.89. The van der Waals surface area contributed by atoms with Gasteiger partial charge in [-0.15, -0.1) is 0 Å². The molecular weight excluding hydrogens is 398 g/mol. The molecule has 0 aliphatic heterocycles. The van der Waals surface area contributed by atoms with E-state index in [0.29, 0.717) is 0 Å². The summed E-state index contributed by atoms with van der Waals surface area (Å²) in [5.74, 6) is 1.06. The van der Waals surface area contributed by atoms with Gasteiger partial charge in [-0.25, -0.2) is 0 Å². The number of aromatic nitrogens is 1. The van der Waals surface area contributed by atoms with Crippen molar-refractivity contribution in [2.75, 3.05) is 0 Å². The summed E-state index contributed by atoms with van der Waals surface area (Å²) in [4.78, 5) is 5.83. The zero-order chi connectivity index (χ0) is 22.0. The van der Waals surface area contributed by atoms with Crippen molar-refractivity contribution in [1.82, 2.24) is 4.98 Å². The minimum absolute atomic E-state index is 0.0500. The largest absolute Gasteiger partial charge is 0.450 e. The molecule has 2 nitrogen and oxygen atoms in total. The molecule has 5 rings (SSSR count).